The number of aromatic nitrogens is 2. The van der Waals surface area contributed by atoms with E-state index in [0.717, 1.165) is 31.6 Å². The van der Waals surface area contributed by atoms with Crippen molar-refractivity contribution < 1.29 is 9.32 Å². The van der Waals surface area contributed by atoms with E-state index < -0.39 is 0 Å². The van der Waals surface area contributed by atoms with Crippen molar-refractivity contribution in [3.8, 4) is 0 Å². The monoisotopic (exact) mass is 223 g/mol. The Morgan fingerprint density at radius 2 is 2.38 bits per heavy atom. The number of rotatable bonds is 4. The van der Waals surface area contributed by atoms with Crippen LogP contribution in [0.25, 0.3) is 0 Å². The minimum Gasteiger partial charge on any atom is -0.338 e. The Bertz CT molecular complexity index is 362. The van der Waals surface area contributed by atoms with E-state index >= 15 is 0 Å². The summed E-state index contributed by atoms with van der Waals surface area (Å²) in [5, 5.41) is 3.89. The molecule has 0 saturated carbocycles. The molecule has 1 aromatic rings. The van der Waals surface area contributed by atoms with Gasteiger partial charge in [0.15, 0.2) is 5.82 Å². The average Bonchev–Trinajstić information content (AvgIpc) is 2.66. The van der Waals surface area contributed by atoms with Gasteiger partial charge in [0, 0.05) is 12.8 Å². The van der Waals surface area contributed by atoms with E-state index in [1.165, 1.54) is 0 Å². The quantitative estimate of drug-likeness (QED) is 0.767. The second kappa shape index (κ2) is 5.21. The molecule has 2 heterocycles. The first-order chi connectivity index (χ1) is 7.78. The fourth-order valence-electron chi connectivity index (χ4n) is 1.91. The Labute approximate surface area is 94.8 Å². The molecule has 16 heavy (non-hydrogen) atoms. The van der Waals surface area contributed by atoms with E-state index in [1.54, 1.807) is 0 Å². The second-order valence-electron chi connectivity index (χ2n) is 4.21. The number of ketones is 1. The van der Waals surface area contributed by atoms with Crippen LogP contribution in [-0.2, 0) is 17.8 Å². The van der Waals surface area contributed by atoms with Crippen molar-refractivity contribution in [2.45, 2.75) is 39.2 Å². The van der Waals surface area contributed by atoms with Gasteiger partial charge >= 0.3 is 0 Å². The maximum Gasteiger partial charge on any atom is 0.240 e. The highest BCUT2D eigenvalue weighted by molar-refractivity contribution is 5.81. The summed E-state index contributed by atoms with van der Waals surface area (Å²) < 4.78 is 5.14. The van der Waals surface area contributed by atoms with Crippen molar-refractivity contribution in [1.82, 2.24) is 15.0 Å². The molecule has 0 unspecified atom stereocenters. The number of aryl methyl sites for hydroxylation is 1. The third kappa shape index (κ3) is 2.88. The smallest absolute Gasteiger partial charge is 0.240 e. The Balaban J connectivity index is 1.89. The standard InChI is InChI=1S/C11H17N3O2/c1-2-4-10-12-11(16-13-10)8-14-6-3-5-9(15)7-14/h2-8H2,1H3. The molecule has 1 aliphatic rings. The van der Waals surface area contributed by atoms with E-state index in [1.807, 2.05) is 0 Å². The molecule has 0 bridgehead atoms. The zero-order valence-electron chi connectivity index (χ0n) is 9.61. The molecule has 5 heteroatoms. The van der Waals surface area contributed by atoms with Crippen molar-refractivity contribution >= 4 is 5.78 Å². The number of piperidine rings is 1. The molecule has 2 rings (SSSR count). The van der Waals surface area contributed by atoms with Crippen molar-refractivity contribution in [2.24, 2.45) is 0 Å². The van der Waals surface area contributed by atoms with Crippen LogP contribution >= 0.6 is 0 Å². The molecule has 0 atom stereocenters. The summed E-state index contributed by atoms with van der Waals surface area (Å²) >= 11 is 0. The lowest BCUT2D eigenvalue weighted by Crippen LogP contribution is -2.35. The highest BCUT2D eigenvalue weighted by atomic mass is 16.5. The summed E-state index contributed by atoms with van der Waals surface area (Å²) in [6, 6.07) is 0. The van der Waals surface area contributed by atoms with Crippen molar-refractivity contribution in [2.75, 3.05) is 13.1 Å². The predicted molar refractivity (Wildman–Crippen MR) is 57.8 cm³/mol. The summed E-state index contributed by atoms with van der Waals surface area (Å²) in [5.74, 6) is 1.69. The van der Waals surface area contributed by atoms with Crippen LogP contribution in [0.2, 0.25) is 0 Å². The lowest BCUT2D eigenvalue weighted by atomic mass is 10.1. The van der Waals surface area contributed by atoms with Gasteiger partial charge in [-0.1, -0.05) is 12.1 Å². The van der Waals surface area contributed by atoms with Gasteiger partial charge in [0.1, 0.15) is 5.78 Å². The number of carbonyl (C=O) groups excluding carboxylic acids is 1. The number of nitrogens with zero attached hydrogens (tertiary/aromatic N) is 3. The molecule has 0 amide bonds. The van der Waals surface area contributed by atoms with Gasteiger partial charge in [-0.05, 0) is 19.4 Å². The van der Waals surface area contributed by atoms with Gasteiger partial charge in [0.2, 0.25) is 5.89 Å². The number of Topliss-reactive ketones (excluding diaryl/α,β-unsaturated/α-hetero) is 1. The molecular formula is C11H17N3O2. The van der Waals surface area contributed by atoms with Gasteiger partial charge in [-0.25, -0.2) is 0 Å². The van der Waals surface area contributed by atoms with E-state index in [4.69, 9.17) is 4.52 Å². The Hall–Kier alpha value is -1.23. The minimum absolute atomic E-state index is 0.305. The fraction of sp³-hybridized carbons (Fsp3) is 0.727. The van der Waals surface area contributed by atoms with Crippen LogP contribution in [0.4, 0.5) is 0 Å². The molecule has 5 nitrogen and oxygen atoms in total. The molecule has 0 aliphatic carbocycles. The van der Waals surface area contributed by atoms with E-state index in [-0.39, 0.29) is 0 Å². The minimum atomic E-state index is 0.305. The lowest BCUT2D eigenvalue weighted by molar-refractivity contribution is -0.122. The van der Waals surface area contributed by atoms with Gasteiger partial charge in [0.25, 0.3) is 0 Å². The van der Waals surface area contributed by atoms with Crippen LogP contribution in [0.3, 0.4) is 0 Å². The van der Waals surface area contributed by atoms with Gasteiger partial charge in [-0.3, -0.25) is 9.69 Å². The van der Waals surface area contributed by atoms with Crippen molar-refractivity contribution in [3.63, 3.8) is 0 Å². The van der Waals surface area contributed by atoms with Crippen molar-refractivity contribution in [3.05, 3.63) is 11.7 Å². The van der Waals surface area contributed by atoms with E-state index in [2.05, 4.69) is 22.0 Å². The van der Waals surface area contributed by atoms with Crippen LogP contribution in [0.15, 0.2) is 4.52 Å². The molecule has 1 saturated heterocycles. The topological polar surface area (TPSA) is 59.2 Å². The van der Waals surface area contributed by atoms with Crippen LogP contribution < -0.4 is 0 Å². The van der Waals surface area contributed by atoms with Gasteiger partial charge < -0.3 is 4.52 Å². The van der Waals surface area contributed by atoms with Crippen LogP contribution in [0.1, 0.15) is 37.9 Å². The first-order valence-corrected chi connectivity index (χ1v) is 5.83. The number of carbonyl (C=O) groups is 1. The van der Waals surface area contributed by atoms with E-state index in [0.29, 0.717) is 31.2 Å². The molecular weight excluding hydrogens is 206 g/mol. The highest BCUT2D eigenvalue weighted by Gasteiger charge is 2.19. The molecule has 0 aromatic carbocycles. The van der Waals surface area contributed by atoms with Gasteiger partial charge in [-0.15, -0.1) is 0 Å². The van der Waals surface area contributed by atoms with Crippen LogP contribution in [0.5, 0.6) is 0 Å². The molecule has 0 spiro atoms. The molecule has 1 aliphatic heterocycles. The second-order valence-corrected chi connectivity index (χ2v) is 4.21. The van der Waals surface area contributed by atoms with E-state index in [9.17, 15) is 4.79 Å². The summed E-state index contributed by atoms with van der Waals surface area (Å²) in [5.41, 5.74) is 0. The summed E-state index contributed by atoms with van der Waals surface area (Å²) in [6.45, 7) is 4.14. The normalized spacial score (nSPS) is 17.9. The maximum atomic E-state index is 11.3. The molecule has 88 valence electrons. The molecule has 0 radical (unpaired) electrons. The number of likely N-dealkylation sites (tertiary alicyclic amines) is 1. The largest absolute Gasteiger partial charge is 0.338 e. The maximum absolute atomic E-state index is 11.3. The van der Waals surface area contributed by atoms with Gasteiger partial charge in [0.05, 0.1) is 13.1 Å². The summed E-state index contributed by atoms with van der Waals surface area (Å²) in [4.78, 5) is 17.6. The molecule has 1 fully saturated rings. The predicted octanol–water partition coefficient (Wildman–Crippen LogP) is 1.19. The lowest BCUT2D eigenvalue weighted by Gasteiger charge is -2.23. The summed E-state index contributed by atoms with van der Waals surface area (Å²) in [7, 11) is 0. The van der Waals surface area contributed by atoms with Crippen LogP contribution in [0, 0.1) is 0 Å². The Kier molecular flexibility index (Phi) is 3.66. The third-order valence-electron chi connectivity index (χ3n) is 2.67. The first-order valence-electron chi connectivity index (χ1n) is 5.83. The Morgan fingerprint density at radius 1 is 1.50 bits per heavy atom. The average molecular weight is 223 g/mol. The zero-order chi connectivity index (χ0) is 11.4. The fourth-order valence-corrected chi connectivity index (χ4v) is 1.91. The SMILES string of the molecule is CCCc1noc(CN2CCCC(=O)C2)n1. The number of hydrogen-bond acceptors (Lipinski definition) is 5. The van der Waals surface area contributed by atoms with Gasteiger partial charge in [-0.2, -0.15) is 4.98 Å². The summed E-state index contributed by atoms with van der Waals surface area (Å²) in [6.07, 6.45) is 3.51. The number of hydrogen-bond donors (Lipinski definition) is 0. The zero-order valence-corrected chi connectivity index (χ0v) is 9.61. The molecule has 0 N–H and O–H groups in total. The first kappa shape index (κ1) is 11.3. The highest BCUT2D eigenvalue weighted by Crippen LogP contribution is 2.10. The Morgan fingerprint density at radius 3 is 3.12 bits per heavy atom. The molecule has 1 aromatic heterocycles. The third-order valence-corrected chi connectivity index (χ3v) is 2.67. The van der Waals surface area contributed by atoms with Crippen LogP contribution in [-0.4, -0.2) is 33.9 Å². The van der Waals surface area contributed by atoms with Crippen molar-refractivity contribution in [1.29, 1.82) is 0 Å².